The van der Waals surface area contributed by atoms with E-state index in [0.717, 1.165) is 11.4 Å². The summed E-state index contributed by atoms with van der Waals surface area (Å²) >= 11 is 0. The van der Waals surface area contributed by atoms with E-state index in [2.05, 4.69) is 33.7 Å². The van der Waals surface area contributed by atoms with E-state index in [-0.39, 0.29) is 0 Å². The van der Waals surface area contributed by atoms with Crippen molar-refractivity contribution in [2.75, 3.05) is 7.11 Å². The third-order valence-corrected chi connectivity index (χ3v) is 4.15. The summed E-state index contributed by atoms with van der Waals surface area (Å²) in [7, 11) is 1.63. The zero-order chi connectivity index (χ0) is 14.7. The predicted octanol–water partition coefficient (Wildman–Crippen LogP) is 4.02. The third-order valence-electron chi connectivity index (χ3n) is 4.15. The second-order valence-corrected chi connectivity index (χ2v) is 5.45. The fourth-order valence-corrected chi connectivity index (χ4v) is 2.93. The van der Waals surface area contributed by atoms with E-state index in [1.54, 1.807) is 13.3 Å². The van der Waals surface area contributed by atoms with Crippen LogP contribution in [-0.2, 0) is 0 Å². The Hall–Kier alpha value is -2.10. The van der Waals surface area contributed by atoms with E-state index in [9.17, 15) is 0 Å². The highest BCUT2D eigenvalue weighted by atomic mass is 16.5. The van der Waals surface area contributed by atoms with E-state index in [0.29, 0.717) is 11.9 Å². The van der Waals surface area contributed by atoms with E-state index < -0.39 is 0 Å². The summed E-state index contributed by atoms with van der Waals surface area (Å²) < 4.78 is 7.45. The molecular formula is C17H21N3O. The fourth-order valence-electron chi connectivity index (χ4n) is 2.93. The molecule has 4 heteroatoms. The first-order chi connectivity index (χ1) is 10.3. The summed E-state index contributed by atoms with van der Waals surface area (Å²) in [5.41, 5.74) is 2.55. The Bertz CT molecular complexity index is 645. The molecule has 0 saturated carbocycles. The van der Waals surface area contributed by atoms with E-state index in [4.69, 9.17) is 4.74 Å². The van der Waals surface area contributed by atoms with Gasteiger partial charge in [0.05, 0.1) is 13.2 Å². The third kappa shape index (κ3) is 2.84. The SMILES string of the molecule is COc1cc(-c2nccn2C(C)C2=CCCCC2)ccn1. The lowest BCUT2D eigenvalue weighted by molar-refractivity contribution is 0.398. The van der Waals surface area contributed by atoms with Gasteiger partial charge in [-0.3, -0.25) is 0 Å². The minimum absolute atomic E-state index is 0.349. The molecule has 1 unspecified atom stereocenters. The fraction of sp³-hybridized carbons (Fsp3) is 0.412. The van der Waals surface area contributed by atoms with Crippen LogP contribution in [0.3, 0.4) is 0 Å². The zero-order valence-corrected chi connectivity index (χ0v) is 12.6. The van der Waals surface area contributed by atoms with Crippen molar-refractivity contribution in [1.82, 2.24) is 14.5 Å². The largest absolute Gasteiger partial charge is 0.481 e. The van der Waals surface area contributed by atoms with Crippen LogP contribution in [0.4, 0.5) is 0 Å². The molecule has 0 N–H and O–H groups in total. The Kier molecular flexibility index (Phi) is 4.04. The lowest BCUT2D eigenvalue weighted by atomic mass is 9.94. The zero-order valence-electron chi connectivity index (χ0n) is 12.6. The van der Waals surface area contributed by atoms with Crippen LogP contribution in [0.2, 0.25) is 0 Å². The second kappa shape index (κ2) is 6.12. The molecule has 0 aromatic carbocycles. The Morgan fingerprint density at radius 2 is 2.14 bits per heavy atom. The minimum Gasteiger partial charge on any atom is -0.481 e. The molecule has 0 spiro atoms. The summed E-state index contributed by atoms with van der Waals surface area (Å²) in [5.74, 6) is 1.58. The Labute approximate surface area is 125 Å². The quantitative estimate of drug-likeness (QED) is 0.796. The maximum absolute atomic E-state index is 5.21. The molecule has 0 amide bonds. The number of nitrogens with zero attached hydrogens (tertiary/aromatic N) is 3. The van der Waals surface area contributed by atoms with Gasteiger partial charge in [-0.15, -0.1) is 0 Å². The van der Waals surface area contributed by atoms with Crippen molar-refractivity contribution in [2.45, 2.75) is 38.6 Å². The van der Waals surface area contributed by atoms with Crippen molar-refractivity contribution in [2.24, 2.45) is 0 Å². The van der Waals surface area contributed by atoms with Gasteiger partial charge in [-0.25, -0.2) is 9.97 Å². The van der Waals surface area contributed by atoms with Gasteiger partial charge in [0, 0.05) is 30.2 Å². The lowest BCUT2D eigenvalue weighted by Gasteiger charge is -2.22. The maximum atomic E-state index is 5.21. The van der Waals surface area contributed by atoms with Gasteiger partial charge >= 0.3 is 0 Å². The van der Waals surface area contributed by atoms with Crippen LogP contribution < -0.4 is 4.74 Å². The Morgan fingerprint density at radius 3 is 2.90 bits per heavy atom. The summed E-state index contributed by atoms with van der Waals surface area (Å²) in [6, 6.07) is 4.26. The van der Waals surface area contributed by atoms with Gasteiger partial charge < -0.3 is 9.30 Å². The molecule has 2 heterocycles. The average Bonchev–Trinajstić information content (AvgIpc) is 3.04. The number of aromatic nitrogens is 3. The molecular weight excluding hydrogens is 262 g/mol. The minimum atomic E-state index is 0.349. The summed E-state index contributed by atoms with van der Waals surface area (Å²) in [5, 5.41) is 0. The summed E-state index contributed by atoms with van der Waals surface area (Å²) in [4.78, 5) is 8.69. The van der Waals surface area contributed by atoms with Crippen LogP contribution >= 0.6 is 0 Å². The average molecular weight is 283 g/mol. The Morgan fingerprint density at radius 1 is 1.24 bits per heavy atom. The van der Waals surface area contributed by atoms with E-state index in [1.807, 2.05) is 18.3 Å². The number of imidazole rings is 1. The molecule has 1 atom stereocenters. The number of hydrogen-bond donors (Lipinski definition) is 0. The van der Waals surface area contributed by atoms with Crippen molar-refractivity contribution >= 4 is 0 Å². The highest BCUT2D eigenvalue weighted by Crippen LogP contribution is 2.31. The number of allylic oxidation sites excluding steroid dienone is 2. The molecule has 21 heavy (non-hydrogen) atoms. The first-order valence-corrected chi connectivity index (χ1v) is 7.52. The monoisotopic (exact) mass is 283 g/mol. The van der Waals surface area contributed by atoms with Gasteiger partial charge in [-0.2, -0.15) is 0 Å². The first kappa shape index (κ1) is 13.9. The summed E-state index contributed by atoms with van der Waals surface area (Å²) in [6.45, 7) is 2.25. The van der Waals surface area contributed by atoms with Crippen LogP contribution in [0, 0.1) is 0 Å². The maximum Gasteiger partial charge on any atom is 0.213 e. The topological polar surface area (TPSA) is 39.9 Å². The van der Waals surface area contributed by atoms with Gasteiger partial charge in [0.25, 0.3) is 0 Å². The molecule has 0 bridgehead atoms. The summed E-state index contributed by atoms with van der Waals surface area (Å²) in [6.07, 6.45) is 13.1. The van der Waals surface area contributed by atoms with Gasteiger partial charge in [0.15, 0.2) is 0 Å². The molecule has 0 fully saturated rings. The van der Waals surface area contributed by atoms with Crippen molar-refractivity contribution < 1.29 is 4.74 Å². The van der Waals surface area contributed by atoms with Crippen LogP contribution in [0.25, 0.3) is 11.4 Å². The first-order valence-electron chi connectivity index (χ1n) is 7.52. The molecule has 0 aliphatic heterocycles. The van der Waals surface area contributed by atoms with Crippen molar-refractivity contribution in [3.63, 3.8) is 0 Å². The molecule has 0 radical (unpaired) electrons. The lowest BCUT2D eigenvalue weighted by Crippen LogP contribution is -2.10. The normalized spacial score (nSPS) is 16.4. The molecule has 0 saturated heterocycles. The molecule has 110 valence electrons. The van der Waals surface area contributed by atoms with Gasteiger partial charge in [0.2, 0.25) is 5.88 Å². The molecule has 1 aliphatic rings. The smallest absolute Gasteiger partial charge is 0.213 e. The van der Waals surface area contributed by atoms with Gasteiger partial charge in [0.1, 0.15) is 5.82 Å². The highest BCUT2D eigenvalue weighted by Gasteiger charge is 2.17. The van der Waals surface area contributed by atoms with Crippen molar-refractivity contribution in [3.8, 4) is 17.3 Å². The molecule has 1 aliphatic carbocycles. The number of pyridine rings is 1. The Balaban J connectivity index is 1.94. The van der Waals surface area contributed by atoms with Gasteiger partial charge in [-0.05, 0) is 38.7 Å². The highest BCUT2D eigenvalue weighted by molar-refractivity contribution is 5.57. The molecule has 4 nitrogen and oxygen atoms in total. The second-order valence-electron chi connectivity index (χ2n) is 5.45. The van der Waals surface area contributed by atoms with Crippen LogP contribution in [0.5, 0.6) is 5.88 Å². The molecule has 2 aromatic heterocycles. The number of hydrogen-bond acceptors (Lipinski definition) is 3. The number of methoxy groups -OCH3 is 1. The van der Waals surface area contributed by atoms with E-state index >= 15 is 0 Å². The number of rotatable bonds is 4. The number of ether oxygens (including phenoxy) is 1. The van der Waals surface area contributed by atoms with Crippen LogP contribution in [0.15, 0.2) is 42.4 Å². The van der Waals surface area contributed by atoms with Crippen LogP contribution in [-0.4, -0.2) is 21.6 Å². The van der Waals surface area contributed by atoms with Gasteiger partial charge in [-0.1, -0.05) is 11.6 Å². The molecule has 3 rings (SSSR count). The van der Waals surface area contributed by atoms with Crippen molar-refractivity contribution in [1.29, 1.82) is 0 Å². The van der Waals surface area contributed by atoms with Crippen LogP contribution in [0.1, 0.15) is 38.6 Å². The van der Waals surface area contributed by atoms with Crippen molar-refractivity contribution in [3.05, 3.63) is 42.4 Å². The predicted molar refractivity (Wildman–Crippen MR) is 83.3 cm³/mol. The van der Waals surface area contributed by atoms with E-state index in [1.165, 1.54) is 31.3 Å². The standard InChI is InChI=1S/C17H21N3O/c1-13(14-6-4-3-5-7-14)20-11-10-19-17(20)15-8-9-18-16(12-15)21-2/h6,8-13H,3-5,7H2,1-2H3. The molecule has 2 aromatic rings.